The molecule has 1 aliphatic carbocycles. The standard InChI is InChI=1S/C12H20N4O/c1-16-10(5-6-15-16)8-14-12(17)7-9-3-2-4-11(9)13/h5-6,9,11H,2-4,7-8,13H2,1H3,(H,14,17)/t9-,11+/m0/s1. The van der Waals surface area contributed by atoms with Crippen molar-refractivity contribution >= 4 is 5.91 Å². The smallest absolute Gasteiger partial charge is 0.220 e. The molecule has 2 rings (SSSR count). The van der Waals surface area contributed by atoms with Gasteiger partial charge in [0.1, 0.15) is 0 Å². The fourth-order valence-electron chi connectivity index (χ4n) is 2.39. The molecule has 1 amide bonds. The van der Waals surface area contributed by atoms with Gasteiger partial charge in [0.2, 0.25) is 5.91 Å². The third kappa shape index (κ3) is 3.06. The van der Waals surface area contributed by atoms with E-state index in [0.717, 1.165) is 25.0 Å². The van der Waals surface area contributed by atoms with Gasteiger partial charge >= 0.3 is 0 Å². The highest BCUT2D eigenvalue weighted by molar-refractivity contribution is 5.76. The largest absolute Gasteiger partial charge is 0.350 e. The predicted molar refractivity (Wildman–Crippen MR) is 65.0 cm³/mol. The van der Waals surface area contributed by atoms with Crippen LogP contribution in [0.5, 0.6) is 0 Å². The quantitative estimate of drug-likeness (QED) is 0.802. The van der Waals surface area contributed by atoms with Gasteiger partial charge in [0.25, 0.3) is 0 Å². The Morgan fingerprint density at radius 1 is 1.65 bits per heavy atom. The summed E-state index contributed by atoms with van der Waals surface area (Å²) < 4.78 is 1.77. The number of carbonyl (C=O) groups is 1. The summed E-state index contributed by atoms with van der Waals surface area (Å²) in [5.74, 6) is 0.454. The number of nitrogens with two attached hydrogens (primary N) is 1. The fraction of sp³-hybridized carbons (Fsp3) is 0.667. The van der Waals surface area contributed by atoms with Gasteiger partial charge in [-0.3, -0.25) is 9.48 Å². The van der Waals surface area contributed by atoms with Crippen molar-refractivity contribution in [2.45, 2.75) is 38.3 Å². The Morgan fingerprint density at radius 2 is 2.47 bits per heavy atom. The summed E-state index contributed by atoms with van der Waals surface area (Å²) in [6.45, 7) is 0.539. The van der Waals surface area contributed by atoms with Crippen molar-refractivity contribution in [3.8, 4) is 0 Å². The van der Waals surface area contributed by atoms with Crippen LogP contribution in [0.2, 0.25) is 0 Å². The Labute approximate surface area is 101 Å². The summed E-state index contributed by atoms with van der Waals surface area (Å²) in [7, 11) is 1.87. The van der Waals surface area contributed by atoms with Gasteiger partial charge in [0.15, 0.2) is 0 Å². The number of hydrogen-bond donors (Lipinski definition) is 2. The van der Waals surface area contributed by atoms with Crippen LogP contribution in [0.3, 0.4) is 0 Å². The molecule has 0 unspecified atom stereocenters. The van der Waals surface area contributed by atoms with E-state index in [9.17, 15) is 4.79 Å². The SMILES string of the molecule is Cn1nccc1CNC(=O)C[C@@H]1CCC[C@H]1N. The maximum absolute atomic E-state index is 11.8. The molecule has 1 aliphatic rings. The maximum Gasteiger partial charge on any atom is 0.220 e. The molecule has 5 heteroatoms. The Morgan fingerprint density at radius 3 is 3.06 bits per heavy atom. The number of rotatable bonds is 4. The average molecular weight is 236 g/mol. The average Bonchev–Trinajstić information content (AvgIpc) is 2.86. The summed E-state index contributed by atoms with van der Waals surface area (Å²) >= 11 is 0. The van der Waals surface area contributed by atoms with Gasteiger partial charge in [-0.2, -0.15) is 5.10 Å². The Balaban J connectivity index is 1.76. The first-order chi connectivity index (χ1) is 8.16. The van der Waals surface area contributed by atoms with Crippen LogP contribution < -0.4 is 11.1 Å². The molecule has 94 valence electrons. The third-order valence-electron chi connectivity index (χ3n) is 3.55. The normalized spacial score (nSPS) is 23.9. The molecule has 1 aromatic rings. The van der Waals surface area contributed by atoms with Crippen LogP contribution >= 0.6 is 0 Å². The first-order valence-corrected chi connectivity index (χ1v) is 6.16. The number of aryl methyl sites for hydroxylation is 1. The van der Waals surface area contributed by atoms with Gasteiger partial charge in [0.05, 0.1) is 12.2 Å². The zero-order valence-electron chi connectivity index (χ0n) is 10.2. The molecule has 1 aromatic heterocycles. The second-order valence-corrected chi connectivity index (χ2v) is 4.78. The summed E-state index contributed by atoms with van der Waals surface area (Å²) in [5.41, 5.74) is 6.96. The molecule has 1 saturated carbocycles. The lowest BCUT2D eigenvalue weighted by Crippen LogP contribution is -2.31. The van der Waals surface area contributed by atoms with Gasteiger partial charge in [-0.25, -0.2) is 0 Å². The molecule has 0 saturated heterocycles. The minimum absolute atomic E-state index is 0.0913. The molecule has 0 aromatic carbocycles. The van der Waals surface area contributed by atoms with Gasteiger partial charge in [0, 0.05) is 25.7 Å². The van der Waals surface area contributed by atoms with Crippen LogP contribution in [0, 0.1) is 5.92 Å². The number of aromatic nitrogens is 2. The lowest BCUT2D eigenvalue weighted by Gasteiger charge is -2.14. The van der Waals surface area contributed by atoms with E-state index in [1.54, 1.807) is 10.9 Å². The zero-order valence-corrected chi connectivity index (χ0v) is 10.2. The Hall–Kier alpha value is -1.36. The predicted octanol–water partition coefficient (Wildman–Crippen LogP) is 0.554. The molecule has 0 bridgehead atoms. The molecular weight excluding hydrogens is 216 g/mol. The van der Waals surface area contributed by atoms with Crippen molar-refractivity contribution < 1.29 is 4.79 Å². The fourth-order valence-corrected chi connectivity index (χ4v) is 2.39. The van der Waals surface area contributed by atoms with E-state index in [0.29, 0.717) is 18.9 Å². The zero-order chi connectivity index (χ0) is 12.3. The van der Waals surface area contributed by atoms with Crippen molar-refractivity contribution in [1.29, 1.82) is 0 Å². The van der Waals surface area contributed by atoms with Crippen molar-refractivity contribution in [3.05, 3.63) is 18.0 Å². The van der Waals surface area contributed by atoms with Crippen LogP contribution in [-0.2, 0) is 18.4 Å². The van der Waals surface area contributed by atoms with E-state index >= 15 is 0 Å². The van der Waals surface area contributed by atoms with E-state index in [1.807, 2.05) is 13.1 Å². The van der Waals surface area contributed by atoms with E-state index < -0.39 is 0 Å². The van der Waals surface area contributed by atoms with E-state index in [4.69, 9.17) is 5.73 Å². The minimum atomic E-state index is 0.0913. The first kappa shape index (κ1) is 12.1. The maximum atomic E-state index is 11.8. The van der Waals surface area contributed by atoms with Crippen LogP contribution in [0.25, 0.3) is 0 Å². The molecule has 1 heterocycles. The molecule has 3 N–H and O–H groups in total. The van der Waals surface area contributed by atoms with Crippen LogP contribution in [0.15, 0.2) is 12.3 Å². The van der Waals surface area contributed by atoms with E-state index in [1.165, 1.54) is 0 Å². The van der Waals surface area contributed by atoms with E-state index in [-0.39, 0.29) is 11.9 Å². The topological polar surface area (TPSA) is 72.9 Å². The Bertz CT molecular complexity index is 388. The van der Waals surface area contributed by atoms with Crippen molar-refractivity contribution in [2.24, 2.45) is 18.7 Å². The van der Waals surface area contributed by atoms with Gasteiger partial charge in [-0.05, 0) is 24.8 Å². The number of hydrogen-bond acceptors (Lipinski definition) is 3. The Kier molecular flexibility index (Phi) is 3.78. The summed E-state index contributed by atoms with van der Waals surface area (Å²) in [6.07, 6.45) is 5.58. The van der Waals surface area contributed by atoms with E-state index in [2.05, 4.69) is 10.4 Å². The number of nitrogens with one attached hydrogen (secondary N) is 1. The van der Waals surface area contributed by atoms with Gasteiger partial charge < -0.3 is 11.1 Å². The second-order valence-electron chi connectivity index (χ2n) is 4.78. The monoisotopic (exact) mass is 236 g/mol. The van der Waals surface area contributed by atoms with Crippen molar-refractivity contribution in [1.82, 2.24) is 15.1 Å². The van der Waals surface area contributed by atoms with Crippen LogP contribution in [0.4, 0.5) is 0 Å². The molecule has 0 spiro atoms. The highest BCUT2D eigenvalue weighted by Crippen LogP contribution is 2.26. The molecule has 0 aliphatic heterocycles. The lowest BCUT2D eigenvalue weighted by molar-refractivity contribution is -0.122. The third-order valence-corrected chi connectivity index (χ3v) is 3.55. The molecule has 0 radical (unpaired) electrons. The van der Waals surface area contributed by atoms with Crippen molar-refractivity contribution in [2.75, 3.05) is 0 Å². The van der Waals surface area contributed by atoms with Crippen LogP contribution in [0.1, 0.15) is 31.4 Å². The highest BCUT2D eigenvalue weighted by Gasteiger charge is 2.25. The number of amides is 1. The van der Waals surface area contributed by atoms with Crippen molar-refractivity contribution in [3.63, 3.8) is 0 Å². The van der Waals surface area contributed by atoms with Gasteiger partial charge in [-0.1, -0.05) is 6.42 Å². The summed E-state index contributed by atoms with van der Waals surface area (Å²) in [5, 5.41) is 6.97. The lowest BCUT2D eigenvalue weighted by atomic mass is 10.00. The molecular formula is C12H20N4O. The summed E-state index contributed by atoms with van der Waals surface area (Å²) in [6, 6.07) is 2.11. The first-order valence-electron chi connectivity index (χ1n) is 6.16. The minimum Gasteiger partial charge on any atom is -0.350 e. The number of nitrogens with zero attached hydrogens (tertiary/aromatic N) is 2. The molecule has 2 atom stereocenters. The second kappa shape index (κ2) is 5.31. The highest BCUT2D eigenvalue weighted by atomic mass is 16.1. The summed E-state index contributed by atoms with van der Waals surface area (Å²) in [4.78, 5) is 11.8. The molecule has 5 nitrogen and oxygen atoms in total. The molecule has 1 fully saturated rings. The van der Waals surface area contributed by atoms with Crippen LogP contribution in [-0.4, -0.2) is 21.7 Å². The molecule has 17 heavy (non-hydrogen) atoms. The van der Waals surface area contributed by atoms with Gasteiger partial charge in [-0.15, -0.1) is 0 Å². The number of carbonyl (C=O) groups excluding carboxylic acids is 1.